The average molecular weight is 285 g/mol. The molecule has 1 rings (SSSR count). The van der Waals surface area contributed by atoms with Crippen molar-refractivity contribution in [3.63, 3.8) is 0 Å². The predicted octanol–water partition coefficient (Wildman–Crippen LogP) is 1.37. The summed E-state index contributed by atoms with van der Waals surface area (Å²) in [6.07, 6.45) is 2.43. The summed E-state index contributed by atoms with van der Waals surface area (Å²) in [5.74, 6) is -0.998. The van der Waals surface area contributed by atoms with Gasteiger partial charge >= 0.3 is 12.0 Å². The normalized spacial score (nSPS) is 17.8. The van der Waals surface area contributed by atoms with Gasteiger partial charge in [-0.05, 0) is 53.6 Å². The van der Waals surface area contributed by atoms with Crippen molar-refractivity contribution in [1.29, 1.82) is 0 Å². The number of carboxylic acid groups (broad SMARTS) is 1. The number of carbonyl (C=O) groups is 2. The molecular formula is C14H27N3O3. The second-order valence-electron chi connectivity index (χ2n) is 5.89. The topological polar surface area (TPSA) is 72.9 Å². The summed E-state index contributed by atoms with van der Waals surface area (Å²) in [6, 6.07) is -0.0287. The molecule has 116 valence electrons. The van der Waals surface area contributed by atoms with E-state index in [1.807, 2.05) is 0 Å². The Bertz CT molecular complexity index is 352. The van der Waals surface area contributed by atoms with Crippen molar-refractivity contribution in [2.24, 2.45) is 0 Å². The van der Waals surface area contributed by atoms with Gasteiger partial charge in [0.25, 0.3) is 0 Å². The fourth-order valence-corrected chi connectivity index (χ4v) is 2.55. The first-order valence-corrected chi connectivity index (χ1v) is 7.33. The van der Waals surface area contributed by atoms with E-state index in [2.05, 4.69) is 17.1 Å². The summed E-state index contributed by atoms with van der Waals surface area (Å²) < 4.78 is 0. The van der Waals surface area contributed by atoms with Crippen LogP contribution in [0.25, 0.3) is 0 Å². The smallest absolute Gasteiger partial charge is 0.329 e. The number of carbonyl (C=O) groups excluding carboxylic acids is 1. The molecule has 1 saturated heterocycles. The highest BCUT2D eigenvalue weighted by atomic mass is 16.4. The Kier molecular flexibility index (Phi) is 5.80. The number of rotatable bonds is 6. The zero-order valence-electron chi connectivity index (χ0n) is 13.0. The minimum Gasteiger partial charge on any atom is -0.480 e. The van der Waals surface area contributed by atoms with Gasteiger partial charge in [0.2, 0.25) is 0 Å². The molecular weight excluding hydrogens is 258 g/mol. The van der Waals surface area contributed by atoms with E-state index in [1.165, 1.54) is 17.7 Å². The van der Waals surface area contributed by atoms with E-state index in [4.69, 9.17) is 0 Å². The summed E-state index contributed by atoms with van der Waals surface area (Å²) in [4.78, 5) is 27.1. The summed E-state index contributed by atoms with van der Waals surface area (Å²) in [7, 11) is 0. The number of amides is 2. The van der Waals surface area contributed by atoms with Crippen molar-refractivity contribution >= 4 is 12.0 Å². The molecule has 2 N–H and O–H groups in total. The molecule has 6 nitrogen and oxygen atoms in total. The SMILES string of the molecule is CCN(C(=O)NCC(C)N1CCCC1)C(C)(C)C(=O)O. The number of hydrogen-bond donors (Lipinski definition) is 2. The van der Waals surface area contributed by atoms with Crippen molar-refractivity contribution in [1.82, 2.24) is 15.1 Å². The van der Waals surface area contributed by atoms with Gasteiger partial charge < -0.3 is 15.3 Å². The van der Waals surface area contributed by atoms with Crippen LogP contribution in [0.1, 0.15) is 40.5 Å². The minimum atomic E-state index is -1.20. The van der Waals surface area contributed by atoms with E-state index in [9.17, 15) is 14.7 Å². The maximum atomic E-state index is 12.2. The number of likely N-dealkylation sites (N-methyl/N-ethyl adjacent to an activating group) is 1. The first-order chi connectivity index (χ1) is 9.30. The van der Waals surface area contributed by atoms with Crippen LogP contribution in [0.15, 0.2) is 0 Å². The van der Waals surface area contributed by atoms with E-state index in [-0.39, 0.29) is 12.1 Å². The molecule has 1 aliphatic rings. The van der Waals surface area contributed by atoms with Crippen LogP contribution < -0.4 is 5.32 Å². The highest BCUT2D eigenvalue weighted by Crippen LogP contribution is 2.15. The number of nitrogens with one attached hydrogen (secondary N) is 1. The second kappa shape index (κ2) is 6.92. The van der Waals surface area contributed by atoms with Gasteiger partial charge in [-0.2, -0.15) is 0 Å². The van der Waals surface area contributed by atoms with Gasteiger partial charge in [-0.1, -0.05) is 0 Å². The van der Waals surface area contributed by atoms with Crippen LogP contribution in [0.3, 0.4) is 0 Å². The third-order valence-corrected chi connectivity index (χ3v) is 4.07. The lowest BCUT2D eigenvalue weighted by Gasteiger charge is -2.35. The third-order valence-electron chi connectivity index (χ3n) is 4.07. The van der Waals surface area contributed by atoms with Crippen molar-refractivity contribution in [2.45, 2.75) is 52.1 Å². The van der Waals surface area contributed by atoms with Gasteiger partial charge in [-0.3, -0.25) is 4.90 Å². The van der Waals surface area contributed by atoms with Crippen LogP contribution in [-0.4, -0.2) is 64.7 Å². The largest absolute Gasteiger partial charge is 0.480 e. The van der Waals surface area contributed by atoms with Crippen LogP contribution in [0.5, 0.6) is 0 Å². The molecule has 0 aliphatic carbocycles. The summed E-state index contributed by atoms with van der Waals surface area (Å²) in [5, 5.41) is 12.1. The molecule has 1 heterocycles. The fourth-order valence-electron chi connectivity index (χ4n) is 2.55. The van der Waals surface area contributed by atoms with Crippen molar-refractivity contribution in [3.05, 3.63) is 0 Å². The van der Waals surface area contributed by atoms with E-state index in [0.29, 0.717) is 13.1 Å². The van der Waals surface area contributed by atoms with Crippen molar-refractivity contribution in [3.8, 4) is 0 Å². The summed E-state index contributed by atoms with van der Waals surface area (Å²) in [6.45, 7) is 10.0. The summed E-state index contributed by atoms with van der Waals surface area (Å²) >= 11 is 0. The Labute approximate surface area is 121 Å². The Balaban J connectivity index is 2.53. The molecule has 2 amide bonds. The highest BCUT2D eigenvalue weighted by Gasteiger charge is 2.37. The molecule has 0 aromatic heterocycles. The second-order valence-corrected chi connectivity index (χ2v) is 5.89. The molecule has 1 fully saturated rings. The molecule has 6 heteroatoms. The van der Waals surface area contributed by atoms with Crippen LogP contribution in [0.2, 0.25) is 0 Å². The maximum absolute atomic E-state index is 12.2. The lowest BCUT2D eigenvalue weighted by atomic mass is 10.0. The zero-order valence-corrected chi connectivity index (χ0v) is 13.0. The Morgan fingerprint density at radius 3 is 2.35 bits per heavy atom. The van der Waals surface area contributed by atoms with E-state index in [0.717, 1.165) is 13.1 Å². The number of hydrogen-bond acceptors (Lipinski definition) is 3. The molecule has 0 aromatic rings. The number of nitrogens with zero attached hydrogens (tertiary/aromatic N) is 2. The molecule has 1 atom stereocenters. The quantitative estimate of drug-likeness (QED) is 0.773. The first-order valence-electron chi connectivity index (χ1n) is 7.33. The van der Waals surface area contributed by atoms with Gasteiger partial charge in [0, 0.05) is 19.1 Å². The number of aliphatic carboxylic acids is 1. The van der Waals surface area contributed by atoms with Crippen LogP contribution >= 0.6 is 0 Å². The lowest BCUT2D eigenvalue weighted by Crippen LogP contribution is -2.57. The molecule has 0 spiro atoms. The molecule has 1 unspecified atom stereocenters. The molecule has 0 radical (unpaired) electrons. The maximum Gasteiger partial charge on any atom is 0.329 e. The third kappa shape index (κ3) is 3.85. The predicted molar refractivity (Wildman–Crippen MR) is 77.8 cm³/mol. The Morgan fingerprint density at radius 2 is 1.90 bits per heavy atom. The molecule has 20 heavy (non-hydrogen) atoms. The lowest BCUT2D eigenvalue weighted by molar-refractivity contribution is -0.147. The van der Waals surface area contributed by atoms with Gasteiger partial charge in [0.1, 0.15) is 5.54 Å². The van der Waals surface area contributed by atoms with Gasteiger partial charge in [0.05, 0.1) is 0 Å². The highest BCUT2D eigenvalue weighted by molar-refractivity contribution is 5.85. The van der Waals surface area contributed by atoms with Gasteiger partial charge in [-0.15, -0.1) is 0 Å². The van der Waals surface area contributed by atoms with Gasteiger partial charge in [0.15, 0.2) is 0 Å². The fraction of sp³-hybridized carbons (Fsp3) is 0.857. The number of likely N-dealkylation sites (tertiary alicyclic amines) is 1. The van der Waals surface area contributed by atoms with E-state index < -0.39 is 11.5 Å². The van der Waals surface area contributed by atoms with Crippen LogP contribution in [-0.2, 0) is 4.79 Å². The number of urea groups is 1. The molecule has 0 aromatic carbocycles. The van der Waals surface area contributed by atoms with Gasteiger partial charge in [-0.25, -0.2) is 9.59 Å². The summed E-state index contributed by atoms with van der Waals surface area (Å²) in [5.41, 5.74) is -1.20. The Morgan fingerprint density at radius 1 is 1.35 bits per heavy atom. The molecule has 0 bridgehead atoms. The van der Waals surface area contributed by atoms with Crippen LogP contribution in [0, 0.1) is 0 Å². The first kappa shape index (κ1) is 16.8. The average Bonchev–Trinajstić information content (AvgIpc) is 2.90. The van der Waals surface area contributed by atoms with E-state index in [1.54, 1.807) is 20.8 Å². The number of carboxylic acids is 1. The van der Waals surface area contributed by atoms with Crippen LogP contribution in [0.4, 0.5) is 4.79 Å². The standard InChI is InChI=1S/C14H27N3O3/c1-5-17(14(3,4)12(18)19)13(20)15-10-11(2)16-8-6-7-9-16/h11H,5-10H2,1-4H3,(H,15,20)(H,18,19). The minimum absolute atomic E-state index is 0.285. The van der Waals surface area contributed by atoms with E-state index >= 15 is 0 Å². The molecule has 0 saturated carbocycles. The monoisotopic (exact) mass is 285 g/mol. The zero-order chi connectivity index (χ0) is 15.3. The van der Waals surface area contributed by atoms with Crippen molar-refractivity contribution in [2.75, 3.05) is 26.2 Å². The Hall–Kier alpha value is -1.30. The molecule has 1 aliphatic heterocycles. The van der Waals surface area contributed by atoms with Crippen molar-refractivity contribution < 1.29 is 14.7 Å².